The molecule has 0 aliphatic carbocycles. The monoisotopic (exact) mass is 344 g/mol. The van der Waals surface area contributed by atoms with Crippen LogP contribution in [0.25, 0.3) is 0 Å². The summed E-state index contributed by atoms with van der Waals surface area (Å²) in [5.74, 6) is 0.664. The predicted octanol–water partition coefficient (Wildman–Crippen LogP) is 3.32. The summed E-state index contributed by atoms with van der Waals surface area (Å²) < 4.78 is 23.7. The van der Waals surface area contributed by atoms with Crippen molar-refractivity contribution < 1.29 is 18.7 Å². The number of benzene rings is 2. The van der Waals surface area contributed by atoms with Gasteiger partial charge < -0.3 is 9.47 Å². The van der Waals surface area contributed by atoms with Gasteiger partial charge in [-0.2, -0.15) is 5.10 Å². The van der Waals surface area contributed by atoms with Gasteiger partial charge in [0.1, 0.15) is 5.82 Å². The third-order valence-electron chi connectivity index (χ3n) is 3.33. The minimum absolute atomic E-state index is 0.130. The van der Waals surface area contributed by atoms with Gasteiger partial charge in [-0.15, -0.1) is 0 Å². The molecule has 0 unspecified atom stereocenters. The Balaban J connectivity index is 1.92. The van der Waals surface area contributed by atoms with Gasteiger partial charge in [0.2, 0.25) is 5.91 Å². The van der Waals surface area contributed by atoms with Crippen molar-refractivity contribution in [2.45, 2.75) is 19.8 Å². The molecule has 25 heavy (non-hydrogen) atoms. The normalized spacial score (nSPS) is 10.7. The van der Waals surface area contributed by atoms with Gasteiger partial charge in [-0.25, -0.2) is 9.82 Å². The number of carbonyl (C=O) groups excluding carboxylic acids is 1. The SMILES string of the molecule is CCCOc1ccc(/C=N\NC(=O)Cc2ccc(F)cc2)cc1OC. The molecule has 0 aliphatic rings. The molecule has 0 bridgehead atoms. The highest BCUT2D eigenvalue weighted by Crippen LogP contribution is 2.27. The Morgan fingerprint density at radius 2 is 1.96 bits per heavy atom. The van der Waals surface area contributed by atoms with E-state index in [1.807, 2.05) is 13.0 Å². The van der Waals surface area contributed by atoms with Crippen LogP contribution in [-0.4, -0.2) is 25.8 Å². The minimum Gasteiger partial charge on any atom is -0.493 e. The Morgan fingerprint density at radius 1 is 1.20 bits per heavy atom. The molecule has 0 spiro atoms. The molecule has 0 saturated heterocycles. The first-order chi connectivity index (χ1) is 12.1. The number of hydrazone groups is 1. The van der Waals surface area contributed by atoms with Crippen LogP contribution in [0.3, 0.4) is 0 Å². The Hall–Kier alpha value is -2.89. The number of halogens is 1. The molecule has 0 aliphatic heterocycles. The highest BCUT2D eigenvalue weighted by molar-refractivity contribution is 5.84. The number of ether oxygens (including phenoxy) is 2. The molecule has 2 rings (SSSR count). The van der Waals surface area contributed by atoms with Crippen molar-refractivity contribution in [1.29, 1.82) is 0 Å². The summed E-state index contributed by atoms with van der Waals surface area (Å²) in [6, 6.07) is 11.2. The van der Waals surface area contributed by atoms with Gasteiger partial charge in [0.25, 0.3) is 0 Å². The van der Waals surface area contributed by atoms with Crippen LogP contribution in [0.5, 0.6) is 11.5 Å². The molecule has 0 saturated carbocycles. The topological polar surface area (TPSA) is 59.9 Å². The fourth-order valence-electron chi connectivity index (χ4n) is 2.10. The maximum atomic E-state index is 12.8. The zero-order valence-corrected chi connectivity index (χ0v) is 14.3. The van der Waals surface area contributed by atoms with Crippen LogP contribution in [0, 0.1) is 5.82 Å². The number of methoxy groups -OCH3 is 1. The molecule has 2 aromatic rings. The molecule has 0 atom stereocenters. The van der Waals surface area contributed by atoms with Gasteiger partial charge in [0.15, 0.2) is 11.5 Å². The number of carbonyl (C=O) groups is 1. The Bertz CT molecular complexity index is 730. The van der Waals surface area contributed by atoms with Gasteiger partial charge in [0, 0.05) is 0 Å². The van der Waals surface area contributed by atoms with Crippen molar-refractivity contribution in [3.63, 3.8) is 0 Å². The van der Waals surface area contributed by atoms with Gasteiger partial charge in [-0.1, -0.05) is 19.1 Å². The van der Waals surface area contributed by atoms with Crippen LogP contribution in [0.4, 0.5) is 4.39 Å². The smallest absolute Gasteiger partial charge is 0.244 e. The van der Waals surface area contributed by atoms with E-state index in [0.717, 1.165) is 12.0 Å². The lowest BCUT2D eigenvalue weighted by Gasteiger charge is -2.10. The lowest BCUT2D eigenvalue weighted by atomic mass is 10.1. The number of hydrogen-bond donors (Lipinski definition) is 1. The highest BCUT2D eigenvalue weighted by Gasteiger charge is 2.05. The van der Waals surface area contributed by atoms with Crippen LogP contribution < -0.4 is 14.9 Å². The fourth-order valence-corrected chi connectivity index (χ4v) is 2.10. The molecule has 0 fully saturated rings. The minimum atomic E-state index is -0.331. The van der Waals surface area contributed by atoms with E-state index in [1.54, 1.807) is 31.4 Å². The maximum Gasteiger partial charge on any atom is 0.244 e. The average molecular weight is 344 g/mol. The van der Waals surface area contributed by atoms with Crippen LogP contribution in [0.15, 0.2) is 47.6 Å². The van der Waals surface area contributed by atoms with E-state index in [-0.39, 0.29) is 18.1 Å². The van der Waals surface area contributed by atoms with Gasteiger partial charge in [-0.3, -0.25) is 4.79 Å². The first-order valence-electron chi connectivity index (χ1n) is 7.99. The Labute approximate surface area is 146 Å². The zero-order valence-electron chi connectivity index (χ0n) is 14.3. The number of nitrogens with zero attached hydrogens (tertiary/aromatic N) is 1. The Morgan fingerprint density at radius 3 is 2.64 bits per heavy atom. The molecule has 0 aromatic heterocycles. The lowest BCUT2D eigenvalue weighted by molar-refractivity contribution is -0.120. The van der Waals surface area contributed by atoms with Gasteiger partial charge >= 0.3 is 0 Å². The third kappa shape index (κ3) is 5.91. The summed E-state index contributed by atoms with van der Waals surface area (Å²) in [6.07, 6.45) is 2.56. The first kappa shape index (κ1) is 18.4. The fraction of sp³-hybridized carbons (Fsp3) is 0.263. The van der Waals surface area contributed by atoms with Crippen molar-refractivity contribution in [3.8, 4) is 11.5 Å². The third-order valence-corrected chi connectivity index (χ3v) is 3.33. The predicted molar refractivity (Wildman–Crippen MR) is 94.6 cm³/mol. The zero-order chi connectivity index (χ0) is 18.1. The standard InChI is InChI=1S/C19H21FN2O3/c1-3-10-25-17-9-6-15(11-18(17)24-2)13-21-22-19(23)12-14-4-7-16(20)8-5-14/h4-9,11,13H,3,10,12H2,1-2H3,(H,22,23)/b21-13-. The summed E-state index contributed by atoms with van der Waals surface area (Å²) in [5.41, 5.74) is 3.93. The van der Waals surface area contributed by atoms with E-state index in [2.05, 4.69) is 10.5 Å². The molecule has 5 nitrogen and oxygen atoms in total. The highest BCUT2D eigenvalue weighted by atomic mass is 19.1. The molecular formula is C19H21FN2O3. The molecule has 2 aromatic carbocycles. The van der Waals surface area contributed by atoms with E-state index in [9.17, 15) is 9.18 Å². The van der Waals surface area contributed by atoms with E-state index in [0.29, 0.717) is 23.7 Å². The Kier molecular flexibility index (Phi) is 6.95. The second kappa shape index (κ2) is 9.42. The van der Waals surface area contributed by atoms with E-state index < -0.39 is 0 Å². The summed E-state index contributed by atoms with van der Waals surface area (Å²) in [4.78, 5) is 11.8. The van der Waals surface area contributed by atoms with Gasteiger partial charge in [0.05, 0.1) is 26.4 Å². The molecule has 6 heteroatoms. The maximum absolute atomic E-state index is 12.8. The number of hydrogen-bond acceptors (Lipinski definition) is 4. The van der Waals surface area contributed by atoms with E-state index >= 15 is 0 Å². The van der Waals surface area contributed by atoms with Crippen molar-refractivity contribution in [2.24, 2.45) is 5.10 Å². The second-order valence-electron chi connectivity index (χ2n) is 5.36. The lowest BCUT2D eigenvalue weighted by Crippen LogP contribution is -2.19. The van der Waals surface area contributed by atoms with E-state index in [1.165, 1.54) is 18.3 Å². The van der Waals surface area contributed by atoms with Crippen LogP contribution in [0.1, 0.15) is 24.5 Å². The van der Waals surface area contributed by atoms with Crippen molar-refractivity contribution in [2.75, 3.05) is 13.7 Å². The largest absolute Gasteiger partial charge is 0.493 e. The molecule has 1 N–H and O–H groups in total. The average Bonchev–Trinajstić information content (AvgIpc) is 2.62. The van der Waals surface area contributed by atoms with Crippen molar-refractivity contribution in [3.05, 3.63) is 59.4 Å². The van der Waals surface area contributed by atoms with Crippen LogP contribution in [-0.2, 0) is 11.2 Å². The quantitative estimate of drug-likeness (QED) is 0.590. The van der Waals surface area contributed by atoms with Crippen LogP contribution >= 0.6 is 0 Å². The summed E-state index contributed by atoms with van der Waals surface area (Å²) >= 11 is 0. The molecule has 0 heterocycles. The number of nitrogens with one attached hydrogen (secondary N) is 1. The van der Waals surface area contributed by atoms with Crippen LogP contribution in [0.2, 0.25) is 0 Å². The van der Waals surface area contributed by atoms with Crippen molar-refractivity contribution in [1.82, 2.24) is 5.43 Å². The summed E-state index contributed by atoms with van der Waals surface area (Å²) in [6.45, 7) is 2.64. The molecule has 132 valence electrons. The molecule has 1 amide bonds. The first-order valence-corrected chi connectivity index (χ1v) is 7.99. The number of rotatable bonds is 8. The van der Waals surface area contributed by atoms with Gasteiger partial charge in [-0.05, 0) is 47.9 Å². The summed E-state index contributed by atoms with van der Waals surface area (Å²) in [7, 11) is 1.57. The number of amides is 1. The van der Waals surface area contributed by atoms with E-state index in [4.69, 9.17) is 9.47 Å². The second-order valence-corrected chi connectivity index (χ2v) is 5.36. The molecule has 0 radical (unpaired) electrons. The van der Waals surface area contributed by atoms with Crippen molar-refractivity contribution >= 4 is 12.1 Å². The summed E-state index contributed by atoms with van der Waals surface area (Å²) in [5, 5.41) is 3.93. The molecular weight excluding hydrogens is 323 g/mol.